The van der Waals surface area contributed by atoms with Gasteiger partial charge >= 0.3 is 7.60 Å². The zero-order valence-electron chi connectivity index (χ0n) is 3.09. The summed E-state index contributed by atoms with van der Waals surface area (Å²) in [6.45, 7) is 1.00. The molecular formula is CH4ClO3P. The van der Waals surface area contributed by atoms with Crippen LogP contribution in [0, 0.1) is 0 Å². The van der Waals surface area contributed by atoms with Crippen LogP contribution in [-0.2, 0) is 8.64 Å². The summed E-state index contributed by atoms with van der Waals surface area (Å²) >= 11 is 4.46. The molecule has 0 fully saturated rings. The highest BCUT2D eigenvalue weighted by atomic mass is 35.5. The molecule has 0 aliphatic rings. The molecule has 0 aliphatic heterocycles. The van der Waals surface area contributed by atoms with E-state index in [9.17, 15) is 4.57 Å². The van der Waals surface area contributed by atoms with E-state index < -0.39 is 7.60 Å². The summed E-state index contributed by atoms with van der Waals surface area (Å²) in [5.41, 5.74) is 0. The van der Waals surface area contributed by atoms with E-state index in [2.05, 4.69) is 15.9 Å². The summed E-state index contributed by atoms with van der Waals surface area (Å²) < 4.78 is 13.3. The zero-order chi connectivity index (χ0) is 5.21. The van der Waals surface area contributed by atoms with Crippen LogP contribution in [0.1, 0.15) is 0 Å². The lowest BCUT2D eigenvalue weighted by Gasteiger charge is -1.92. The smallest absolute Gasteiger partial charge is 0.324 e. The van der Waals surface area contributed by atoms with Crippen molar-refractivity contribution in [1.82, 2.24) is 0 Å². The van der Waals surface area contributed by atoms with Crippen molar-refractivity contribution in [1.29, 1.82) is 0 Å². The van der Waals surface area contributed by atoms with Crippen molar-refractivity contribution >= 4 is 19.5 Å². The summed E-state index contributed by atoms with van der Waals surface area (Å²) in [5, 5.41) is 0. The SMILES string of the molecule is CP(=O)(O)OCl. The molecule has 0 spiro atoms. The Hall–Kier alpha value is 0.440. The Bertz CT molecular complexity index is 74.9. The van der Waals surface area contributed by atoms with Gasteiger partial charge < -0.3 is 4.89 Å². The standard InChI is InChI=1S/CH4ClO3P/c1-6(3,4)5-2/h1H3,(H,3,4). The highest BCUT2D eigenvalue weighted by Crippen LogP contribution is 2.37. The topological polar surface area (TPSA) is 46.5 Å². The molecular weight excluding hydrogens is 126 g/mol. The molecule has 0 aromatic carbocycles. The summed E-state index contributed by atoms with van der Waals surface area (Å²) in [5.74, 6) is 0. The van der Waals surface area contributed by atoms with Gasteiger partial charge in [-0.3, -0.25) is 4.57 Å². The molecule has 0 saturated heterocycles. The van der Waals surface area contributed by atoms with Gasteiger partial charge in [-0.05, 0) is 0 Å². The lowest BCUT2D eigenvalue weighted by atomic mass is 12.0. The van der Waals surface area contributed by atoms with Gasteiger partial charge in [-0.2, -0.15) is 4.08 Å². The van der Waals surface area contributed by atoms with Crippen LogP contribution in [0.25, 0.3) is 0 Å². The minimum absolute atomic E-state index is 1.00. The van der Waals surface area contributed by atoms with Gasteiger partial charge in [0.15, 0.2) is 0 Å². The third-order valence-corrected chi connectivity index (χ3v) is 1.15. The van der Waals surface area contributed by atoms with Gasteiger partial charge in [-0.1, -0.05) is 0 Å². The fourth-order valence-electron chi connectivity index (χ4n) is 0. The van der Waals surface area contributed by atoms with Gasteiger partial charge in [-0.15, -0.1) is 0 Å². The van der Waals surface area contributed by atoms with E-state index in [4.69, 9.17) is 4.89 Å². The predicted molar refractivity (Wildman–Crippen MR) is 22.7 cm³/mol. The molecule has 1 N–H and O–H groups in total. The maximum absolute atomic E-state index is 9.78. The molecule has 6 heavy (non-hydrogen) atoms. The summed E-state index contributed by atoms with van der Waals surface area (Å²) in [7, 11) is -3.38. The van der Waals surface area contributed by atoms with Crippen molar-refractivity contribution in [3.8, 4) is 0 Å². The van der Waals surface area contributed by atoms with Gasteiger partial charge in [0.05, 0.1) is 11.9 Å². The van der Waals surface area contributed by atoms with E-state index in [0.717, 1.165) is 6.66 Å². The van der Waals surface area contributed by atoms with Crippen molar-refractivity contribution in [2.24, 2.45) is 0 Å². The maximum atomic E-state index is 9.78. The average Bonchev–Trinajstić information content (AvgIpc) is 1.35. The molecule has 0 heterocycles. The van der Waals surface area contributed by atoms with Gasteiger partial charge in [0.2, 0.25) is 0 Å². The van der Waals surface area contributed by atoms with Crippen molar-refractivity contribution in [3.63, 3.8) is 0 Å². The molecule has 0 saturated carbocycles. The van der Waals surface area contributed by atoms with Crippen LogP contribution in [-0.4, -0.2) is 11.6 Å². The number of hydrogen-bond donors (Lipinski definition) is 1. The Morgan fingerprint density at radius 2 is 2.17 bits per heavy atom. The number of hydrogen-bond acceptors (Lipinski definition) is 2. The van der Waals surface area contributed by atoms with E-state index in [1.807, 2.05) is 0 Å². The number of halogens is 1. The Kier molecular flexibility index (Phi) is 2.08. The van der Waals surface area contributed by atoms with Gasteiger partial charge in [-0.25, -0.2) is 0 Å². The Balaban J connectivity index is 3.48. The molecule has 0 radical (unpaired) electrons. The van der Waals surface area contributed by atoms with E-state index in [1.54, 1.807) is 0 Å². The van der Waals surface area contributed by atoms with E-state index in [-0.39, 0.29) is 0 Å². The molecule has 38 valence electrons. The molecule has 5 heteroatoms. The normalized spacial score (nSPS) is 19.8. The fraction of sp³-hybridized carbons (Fsp3) is 1.00. The average molecular weight is 130 g/mol. The summed E-state index contributed by atoms with van der Waals surface area (Å²) in [4.78, 5) is 8.03. The third-order valence-electron chi connectivity index (χ3n) is 0.128. The van der Waals surface area contributed by atoms with Crippen molar-refractivity contribution in [3.05, 3.63) is 0 Å². The predicted octanol–water partition coefficient (Wildman–Crippen LogP) is 0.972. The molecule has 0 aliphatic carbocycles. The van der Waals surface area contributed by atoms with Gasteiger partial charge in [0.1, 0.15) is 0 Å². The molecule has 0 aromatic heterocycles. The molecule has 0 amide bonds. The molecule has 0 bridgehead atoms. The van der Waals surface area contributed by atoms with Crippen LogP contribution in [0.4, 0.5) is 0 Å². The molecule has 0 aromatic rings. The first-order valence-corrected chi connectivity index (χ1v) is 3.50. The van der Waals surface area contributed by atoms with Crippen LogP contribution in [0.3, 0.4) is 0 Å². The second kappa shape index (κ2) is 1.94. The molecule has 0 rings (SSSR count). The molecule has 1 unspecified atom stereocenters. The highest BCUT2D eigenvalue weighted by molar-refractivity contribution is 7.52. The van der Waals surface area contributed by atoms with Crippen molar-refractivity contribution < 1.29 is 13.5 Å². The number of rotatable bonds is 1. The zero-order valence-corrected chi connectivity index (χ0v) is 4.74. The van der Waals surface area contributed by atoms with Crippen LogP contribution in [0.15, 0.2) is 0 Å². The summed E-state index contributed by atoms with van der Waals surface area (Å²) in [6, 6.07) is 0. The second-order valence-corrected chi connectivity index (χ2v) is 3.03. The second-order valence-electron chi connectivity index (χ2n) is 0.872. The largest absolute Gasteiger partial charge is 0.341 e. The van der Waals surface area contributed by atoms with E-state index in [1.165, 1.54) is 0 Å². The first-order chi connectivity index (χ1) is 2.56. The molecule has 1 atom stereocenters. The minimum Gasteiger partial charge on any atom is -0.324 e. The van der Waals surface area contributed by atoms with Crippen LogP contribution in [0.2, 0.25) is 0 Å². The lowest BCUT2D eigenvalue weighted by molar-refractivity contribution is 0.402. The quantitative estimate of drug-likeness (QED) is 0.538. The van der Waals surface area contributed by atoms with Crippen LogP contribution >= 0.6 is 19.5 Å². The van der Waals surface area contributed by atoms with Crippen molar-refractivity contribution in [2.75, 3.05) is 6.66 Å². The molecule has 3 nitrogen and oxygen atoms in total. The first kappa shape index (κ1) is 6.44. The minimum atomic E-state index is -3.38. The van der Waals surface area contributed by atoms with Crippen LogP contribution < -0.4 is 0 Å². The Labute approximate surface area is 40.6 Å². The summed E-state index contributed by atoms with van der Waals surface area (Å²) in [6.07, 6.45) is 0. The van der Waals surface area contributed by atoms with Gasteiger partial charge in [0.25, 0.3) is 0 Å². The lowest BCUT2D eigenvalue weighted by Crippen LogP contribution is -1.68. The van der Waals surface area contributed by atoms with Crippen molar-refractivity contribution in [2.45, 2.75) is 0 Å². The highest BCUT2D eigenvalue weighted by Gasteiger charge is 2.05. The Morgan fingerprint density at radius 3 is 2.17 bits per heavy atom. The first-order valence-electron chi connectivity index (χ1n) is 1.17. The van der Waals surface area contributed by atoms with Crippen LogP contribution in [0.5, 0.6) is 0 Å². The third kappa shape index (κ3) is 4.44. The maximum Gasteiger partial charge on any atom is 0.341 e. The monoisotopic (exact) mass is 130 g/mol. The Morgan fingerprint density at radius 1 is 2.00 bits per heavy atom. The van der Waals surface area contributed by atoms with E-state index in [0.29, 0.717) is 0 Å². The van der Waals surface area contributed by atoms with E-state index >= 15 is 0 Å². The van der Waals surface area contributed by atoms with Gasteiger partial charge in [0, 0.05) is 6.66 Å². The fourth-order valence-corrected chi connectivity index (χ4v) is 0.